The first-order chi connectivity index (χ1) is 8.83. The summed E-state index contributed by atoms with van der Waals surface area (Å²) in [5, 5.41) is 12.5. The van der Waals surface area contributed by atoms with Gasteiger partial charge in [-0.15, -0.1) is 0 Å². The normalized spacial score (nSPS) is 11.0. The van der Waals surface area contributed by atoms with E-state index in [0.717, 1.165) is 0 Å². The van der Waals surface area contributed by atoms with Crippen molar-refractivity contribution in [1.29, 1.82) is 0 Å². The Morgan fingerprint density at radius 3 is 2.63 bits per heavy atom. The lowest BCUT2D eigenvalue weighted by molar-refractivity contribution is 0.0550. The average Bonchev–Trinajstić information content (AvgIpc) is 2.29. The number of rotatable bonds is 5. The summed E-state index contributed by atoms with van der Waals surface area (Å²) in [5.74, 6) is 0.634. The minimum atomic E-state index is -0.925. The molecule has 0 radical (unpaired) electrons. The number of aliphatic hydroxyl groups is 1. The van der Waals surface area contributed by atoms with Gasteiger partial charge in [0.05, 0.1) is 24.4 Å². The van der Waals surface area contributed by atoms with Crippen LogP contribution in [0.1, 0.15) is 20.8 Å². The average molecular weight is 266 g/mol. The lowest BCUT2D eigenvalue weighted by Gasteiger charge is -2.26. The van der Waals surface area contributed by atoms with Crippen LogP contribution in [0.2, 0.25) is 0 Å². The molecule has 0 aromatic heterocycles. The van der Waals surface area contributed by atoms with Gasteiger partial charge in [-0.3, -0.25) is 0 Å². The second-order valence-corrected chi connectivity index (χ2v) is 5.03. The highest BCUT2D eigenvalue weighted by molar-refractivity contribution is 5.90. The van der Waals surface area contributed by atoms with Gasteiger partial charge in [-0.05, 0) is 32.9 Å². The molecular formula is C14H22N2O3. The highest BCUT2D eigenvalue weighted by Crippen LogP contribution is 2.23. The van der Waals surface area contributed by atoms with Gasteiger partial charge >= 0.3 is 6.03 Å². The second-order valence-electron chi connectivity index (χ2n) is 5.03. The molecule has 1 rings (SSSR count). The predicted molar refractivity (Wildman–Crippen MR) is 75.6 cm³/mol. The number of ether oxygens (including phenoxy) is 1. The third kappa shape index (κ3) is 5.18. The molecule has 1 aromatic rings. The van der Waals surface area contributed by atoms with Gasteiger partial charge in [0.15, 0.2) is 0 Å². The molecule has 0 saturated carbocycles. The molecule has 0 aliphatic rings. The van der Waals surface area contributed by atoms with E-state index in [1.807, 2.05) is 19.1 Å². The highest BCUT2D eigenvalue weighted by Gasteiger charge is 2.19. The molecule has 0 spiro atoms. The lowest BCUT2D eigenvalue weighted by Crippen LogP contribution is -2.41. The Kier molecular flexibility index (Phi) is 5.18. The van der Waals surface area contributed by atoms with Crippen LogP contribution in [-0.2, 0) is 0 Å². The number of benzene rings is 1. The van der Waals surface area contributed by atoms with E-state index >= 15 is 0 Å². The van der Waals surface area contributed by atoms with E-state index < -0.39 is 5.60 Å². The van der Waals surface area contributed by atoms with Gasteiger partial charge in [0.2, 0.25) is 0 Å². The Morgan fingerprint density at radius 1 is 1.42 bits per heavy atom. The molecule has 5 nitrogen and oxygen atoms in total. The summed E-state index contributed by atoms with van der Waals surface area (Å²) < 4.78 is 5.44. The molecule has 19 heavy (non-hydrogen) atoms. The lowest BCUT2D eigenvalue weighted by atomic mass is 10.1. The number of amides is 2. The maximum absolute atomic E-state index is 12.0. The molecule has 0 aliphatic heterocycles. The highest BCUT2D eigenvalue weighted by atomic mass is 16.5. The summed E-state index contributed by atoms with van der Waals surface area (Å²) in [4.78, 5) is 13.4. The quantitative estimate of drug-likeness (QED) is 0.859. The number of likely N-dealkylation sites (N-methyl/N-ethyl adjacent to an activating group) is 1. The fourth-order valence-electron chi connectivity index (χ4n) is 1.71. The Morgan fingerprint density at radius 2 is 2.05 bits per heavy atom. The third-order valence-electron chi connectivity index (χ3n) is 2.40. The van der Waals surface area contributed by atoms with Crippen molar-refractivity contribution in [2.75, 3.05) is 25.5 Å². The maximum atomic E-state index is 12.0. The van der Waals surface area contributed by atoms with Crippen LogP contribution in [0.3, 0.4) is 0 Å². The van der Waals surface area contributed by atoms with Gasteiger partial charge in [-0.1, -0.05) is 12.1 Å². The zero-order valence-corrected chi connectivity index (χ0v) is 11.9. The monoisotopic (exact) mass is 266 g/mol. The van der Waals surface area contributed by atoms with Crippen molar-refractivity contribution in [3.05, 3.63) is 24.3 Å². The van der Waals surface area contributed by atoms with Crippen LogP contribution in [0.25, 0.3) is 0 Å². The number of hydrogen-bond acceptors (Lipinski definition) is 3. The zero-order valence-electron chi connectivity index (χ0n) is 11.9. The molecule has 0 unspecified atom stereocenters. The van der Waals surface area contributed by atoms with E-state index in [4.69, 9.17) is 4.74 Å². The number of anilines is 1. The number of para-hydroxylation sites is 2. The molecule has 0 heterocycles. The third-order valence-corrected chi connectivity index (χ3v) is 2.40. The summed E-state index contributed by atoms with van der Waals surface area (Å²) in [5.41, 5.74) is -0.303. The molecule has 5 heteroatoms. The van der Waals surface area contributed by atoms with E-state index in [1.54, 1.807) is 33.0 Å². The van der Waals surface area contributed by atoms with Crippen molar-refractivity contribution in [3.8, 4) is 5.75 Å². The first-order valence-corrected chi connectivity index (χ1v) is 6.30. The van der Waals surface area contributed by atoms with Crippen LogP contribution >= 0.6 is 0 Å². The van der Waals surface area contributed by atoms with Crippen LogP contribution < -0.4 is 10.1 Å². The molecule has 106 valence electrons. The topological polar surface area (TPSA) is 61.8 Å². The number of urea groups is 1. The molecule has 0 fully saturated rings. The zero-order chi connectivity index (χ0) is 14.5. The van der Waals surface area contributed by atoms with Crippen LogP contribution in [0, 0.1) is 0 Å². The fourth-order valence-corrected chi connectivity index (χ4v) is 1.71. The first kappa shape index (κ1) is 15.3. The minimum Gasteiger partial charge on any atom is -0.492 e. The van der Waals surface area contributed by atoms with E-state index in [2.05, 4.69) is 5.32 Å². The summed E-state index contributed by atoms with van der Waals surface area (Å²) in [6, 6.07) is 6.97. The maximum Gasteiger partial charge on any atom is 0.321 e. The number of hydrogen-bond donors (Lipinski definition) is 2. The Balaban J connectivity index is 2.71. The van der Waals surface area contributed by atoms with Gasteiger partial charge in [0.25, 0.3) is 0 Å². The minimum absolute atomic E-state index is 0.246. The fraction of sp³-hybridized carbons (Fsp3) is 0.500. The van der Waals surface area contributed by atoms with E-state index in [1.165, 1.54) is 4.90 Å². The van der Waals surface area contributed by atoms with Gasteiger partial charge in [-0.25, -0.2) is 4.79 Å². The summed E-state index contributed by atoms with van der Waals surface area (Å²) in [7, 11) is 1.64. The smallest absolute Gasteiger partial charge is 0.321 e. The molecule has 0 atom stereocenters. The van der Waals surface area contributed by atoms with E-state index in [9.17, 15) is 9.90 Å². The summed E-state index contributed by atoms with van der Waals surface area (Å²) >= 11 is 0. The molecule has 0 aliphatic carbocycles. The van der Waals surface area contributed by atoms with Crippen molar-refractivity contribution in [2.45, 2.75) is 26.4 Å². The summed E-state index contributed by atoms with van der Waals surface area (Å²) in [6.07, 6.45) is 0. The van der Waals surface area contributed by atoms with Crippen molar-refractivity contribution in [1.82, 2.24) is 4.90 Å². The number of carbonyl (C=O) groups excluding carboxylic acids is 1. The number of nitrogens with one attached hydrogen (secondary N) is 1. The predicted octanol–water partition coefficient (Wildman–Crippen LogP) is 2.32. The van der Waals surface area contributed by atoms with Crippen molar-refractivity contribution >= 4 is 11.7 Å². The van der Waals surface area contributed by atoms with Gasteiger partial charge in [0.1, 0.15) is 5.75 Å². The Hall–Kier alpha value is -1.75. The molecule has 0 bridgehead atoms. The molecule has 2 N–H and O–H groups in total. The Bertz CT molecular complexity index is 427. The molecule has 0 saturated heterocycles. The van der Waals surface area contributed by atoms with Gasteiger partial charge in [-0.2, -0.15) is 0 Å². The van der Waals surface area contributed by atoms with Crippen molar-refractivity contribution in [2.24, 2.45) is 0 Å². The number of carbonyl (C=O) groups is 1. The van der Waals surface area contributed by atoms with E-state index in [0.29, 0.717) is 18.0 Å². The van der Waals surface area contributed by atoms with E-state index in [-0.39, 0.29) is 12.6 Å². The van der Waals surface area contributed by atoms with Crippen LogP contribution in [0.5, 0.6) is 5.75 Å². The SMILES string of the molecule is CCOc1ccccc1NC(=O)N(C)CC(C)(C)O. The standard InChI is InChI=1S/C14H22N2O3/c1-5-19-12-9-7-6-8-11(12)15-13(17)16(4)10-14(2,3)18/h6-9,18H,5,10H2,1-4H3,(H,15,17). The van der Waals surface area contributed by atoms with Crippen LogP contribution in [0.4, 0.5) is 10.5 Å². The summed E-state index contributed by atoms with van der Waals surface area (Å²) in [6.45, 7) is 5.98. The number of nitrogens with zero attached hydrogens (tertiary/aromatic N) is 1. The van der Waals surface area contributed by atoms with Crippen molar-refractivity contribution < 1.29 is 14.6 Å². The first-order valence-electron chi connectivity index (χ1n) is 6.30. The molecule has 2 amide bonds. The van der Waals surface area contributed by atoms with Gasteiger partial charge in [0, 0.05) is 7.05 Å². The van der Waals surface area contributed by atoms with Crippen molar-refractivity contribution in [3.63, 3.8) is 0 Å². The largest absolute Gasteiger partial charge is 0.492 e. The van der Waals surface area contributed by atoms with Crippen LogP contribution in [-0.4, -0.2) is 41.8 Å². The Labute approximate surface area is 114 Å². The second kappa shape index (κ2) is 6.43. The van der Waals surface area contributed by atoms with Gasteiger partial charge < -0.3 is 20.1 Å². The molecule has 1 aromatic carbocycles. The molecular weight excluding hydrogens is 244 g/mol. The van der Waals surface area contributed by atoms with Crippen LogP contribution in [0.15, 0.2) is 24.3 Å².